The Morgan fingerprint density at radius 3 is 2.70 bits per heavy atom. The van der Waals surface area contributed by atoms with Crippen LogP contribution in [0.1, 0.15) is 19.3 Å². The minimum Gasteiger partial charge on any atom is -0.491 e. The van der Waals surface area contributed by atoms with Crippen molar-refractivity contribution in [2.45, 2.75) is 24.9 Å². The average Bonchev–Trinajstić information content (AvgIpc) is 2.68. The van der Waals surface area contributed by atoms with Crippen molar-refractivity contribution in [3.63, 3.8) is 0 Å². The summed E-state index contributed by atoms with van der Waals surface area (Å²) in [4.78, 5) is 16.8. The van der Waals surface area contributed by atoms with Gasteiger partial charge in [0.2, 0.25) is 0 Å². The fourth-order valence-electron chi connectivity index (χ4n) is 3.16. The summed E-state index contributed by atoms with van der Waals surface area (Å²) in [5, 5.41) is 7.29. The van der Waals surface area contributed by atoms with E-state index in [0.717, 1.165) is 36.2 Å². The molecule has 1 aliphatic rings. The molecule has 0 unspecified atom stereocenters. The van der Waals surface area contributed by atoms with E-state index in [-0.39, 0.29) is 30.7 Å². The fourth-order valence-corrected chi connectivity index (χ4v) is 3.16. The molecule has 1 aromatic heterocycles. The fraction of sp³-hybridized carbons (Fsp3) is 0.474. The lowest BCUT2D eigenvalue weighted by molar-refractivity contribution is -0.146. The average molecular weight is 416 g/mol. The summed E-state index contributed by atoms with van der Waals surface area (Å²) in [6.45, 7) is 2.70. The molecule has 0 spiro atoms. The Morgan fingerprint density at radius 2 is 1.96 bits per heavy atom. The highest BCUT2D eigenvalue weighted by Gasteiger charge is 2.39. The second-order valence-electron chi connectivity index (χ2n) is 6.24. The second-order valence-corrected chi connectivity index (χ2v) is 6.24. The van der Waals surface area contributed by atoms with Crippen LogP contribution in [0.2, 0.25) is 0 Å². The van der Waals surface area contributed by atoms with E-state index in [1.165, 1.54) is 0 Å². The summed E-state index contributed by atoms with van der Waals surface area (Å²) in [6.07, 6.45) is 3.90. The molecule has 1 fully saturated rings. The zero-order chi connectivity index (χ0) is 17.5. The van der Waals surface area contributed by atoms with E-state index in [1.807, 2.05) is 30.3 Å². The number of piperidine rings is 1. The van der Waals surface area contributed by atoms with E-state index >= 15 is 0 Å². The number of carbonyl (C=O) groups excluding carboxylic acids is 1. The zero-order valence-corrected chi connectivity index (χ0v) is 17.0. The van der Waals surface area contributed by atoms with Gasteiger partial charge in [-0.1, -0.05) is 18.2 Å². The van der Waals surface area contributed by atoms with Crippen LogP contribution in [0.5, 0.6) is 5.75 Å². The molecule has 2 N–H and O–H groups in total. The number of halogens is 2. The van der Waals surface area contributed by atoms with E-state index in [2.05, 4.69) is 15.6 Å². The number of methoxy groups -OCH3 is 1. The molecule has 6 nitrogen and oxygen atoms in total. The number of amides is 1. The van der Waals surface area contributed by atoms with Gasteiger partial charge in [-0.25, -0.2) is 0 Å². The predicted molar refractivity (Wildman–Crippen MR) is 111 cm³/mol. The molecule has 27 heavy (non-hydrogen) atoms. The Balaban J connectivity index is 0.00000182. The SMILES string of the molecule is COC1(C(=O)NCCCOc2cccc3cccnc23)CCNCC1.Cl.Cl. The Labute approximate surface area is 172 Å². The van der Waals surface area contributed by atoms with Crippen molar-refractivity contribution in [3.8, 4) is 5.75 Å². The summed E-state index contributed by atoms with van der Waals surface area (Å²) >= 11 is 0. The molecule has 2 aromatic rings. The van der Waals surface area contributed by atoms with Gasteiger partial charge in [0.1, 0.15) is 16.9 Å². The number of nitrogens with one attached hydrogen (secondary N) is 2. The van der Waals surface area contributed by atoms with E-state index in [9.17, 15) is 4.79 Å². The van der Waals surface area contributed by atoms with Crippen LogP contribution >= 0.6 is 24.8 Å². The largest absolute Gasteiger partial charge is 0.491 e. The van der Waals surface area contributed by atoms with E-state index in [0.29, 0.717) is 26.0 Å². The molecule has 0 aliphatic carbocycles. The van der Waals surface area contributed by atoms with Crippen molar-refractivity contribution in [2.24, 2.45) is 0 Å². The third kappa shape index (κ3) is 5.69. The minimum atomic E-state index is -0.689. The van der Waals surface area contributed by atoms with Crippen LogP contribution in [-0.4, -0.2) is 49.8 Å². The number of hydrogen-bond acceptors (Lipinski definition) is 5. The number of hydrogen-bond donors (Lipinski definition) is 2. The van der Waals surface area contributed by atoms with Crippen LogP contribution < -0.4 is 15.4 Å². The molecular weight excluding hydrogens is 389 g/mol. The Kier molecular flexibility index (Phi) is 9.80. The van der Waals surface area contributed by atoms with Crippen molar-refractivity contribution >= 4 is 41.6 Å². The molecule has 1 aliphatic heterocycles. The normalized spacial score (nSPS) is 15.3. The summed E-state index contributed by atoms with van der Waals surface area (Å²) in [6, 6.07) is 9.81. The topological polar surface area (TPSA) is 72.5 Å². The maximum Gasteiger partial charge on any atom is 0.252 e. The third-order valence-corrected chi connectivity index (χ3v) is 4.68. The molecular formula is C19H27Cl2N3O3. The van der Waals surface area contributed by atoms with Gasteiger partial charge in [0.05, 0.1) is 6.61 Å². The standard InChI is InChI=1S/C19H25N3O3.2ClH/c1-24-19(8-12-20-13-9-19)18(23)22-11-4-14-25-16-7-2-5-15-6-3-10-21-17(15)16;;/h2-3,5-7,10,20H,4,8-9,11-14H2,1H3,(H,22,23);2*1H. The number of benzene rings is 1. The van der Waals surface area contributed by atoms with Gasteiger partial charge in [0, 0.05) is 25.2 Å². The minimum absolute atomic E-state index is 0. The van der Waals surface area contributed by atoms with Gasteiger partial charge in [-0.2, -0.15) is 0 Å². The lowest BCUT2D eigenvalue weighted by atomic mass is 9.91. The molecule has 0 bridgehead atoms. The highest BCUT2D eigenvalue weighted by atomic mass is 35.5. The number of carbonyl (C=O) groups is 1. The van der Waals surface area contributed by atoms with Gasteiger partial charge < -0.3 is 20.1 Å². The molecule has 1 saturated heterocycles. The van der Waals surface area contributed by atoms with Crippen molar-refractivity contribution in [3.05, 3.63) is 36.5 Å². The number of ether oxygens (including phenoxy) is 2. The number of para-hydroxylation sites is 1. The summed E-state index contributed by atoms with van der Waals surface area (Å²) in [5.41, 5.74) is 0.174. The third-order valence-electron chi connectivity index (χ3n) is 4.68. The second kappa shape index (κ2) is 11.3. The molecule has 0 saturated carbocycles. The maximum absolute atomic E-state index is 12.4. The predicted octanol–water partition coefficient (Wildman–Crippen LogP) is 2.73. The molecule has 3 rings (SSSR count). The summed E-state index contributed by atoms with van der Waals surface area (Å²) in [7, 11) is 1.61. The molecule has 2 heterocycles. The van der Waals surface area contributed by atoms with Crippen LogP contribution in [0.25, 0.3) is 10.9 Å². The van der Waals surface area contributed by atoms with Gasteiger partial charge in [-0.15, -0.1) is 24.8 Å². The van der Waals surface area contributed by atoms with Gasteiger partial charge in [0.25, 0.3) is 5.91 Å². The van der Waals surface area contributed by atoms with E-state index < -0.39 is 5.60 Å². The van der Waals surface area contributed by atoms with E-state index in [4.69, 9.17) is 9.47 Å². The highest BCUT2D eigenvalue weighted by molar-refractivity contribution is 5.86. The molecule has 8 heteroatoms. The quantitative estimate of drug-likeness (QED) is 0.680. The summed E-state index contributed by atoms with van der Waals surface area (Å²) in [5.74, 6) is 0.750. The number of fused-ring (bicyclic) bond motifs is 1. The zero-order valence-electron chi connectivity index (χ0n) is 15.4. The van der Waals surface area contributed by atoms with Crippen LogP contribution in [0.3, 0.4) is 0 Å². The van der Waals surface area contributed by atoms with Crippen LogP contribution in [0.15, 0.2) is 36.5 Å². The van der Waals surface area contributed by atoms with Crippen molar-refractivity contribution in [2.75, 3.05) is 33.4 Å². The van der Waals surface area contributed by atoms with Crippen LogP contribution in [0.4, 0.5) is 0 Å². The number of nitrogens with zero attached hydrogens (tertiary/aromatic N) is 1. The Hall–Kier alpha value is -1.60. The lowest BCUT2D eigenvalue weighted by Gasteiger charge is -2.34. The van der Waals surface area contributed by atoms with E-state index in [1.54, 1.807) is 13.3 Å². The maximum atomic E-state index is 12.4. The summed E-state index contributed by atoms with van der Waals surface area (Å²) < 4.78 is 11.4. The number of rotatable bonds is 7. The number of pyridine rings is 1. The first kappa shape index (κ1) is 23.4. The van der Waals surface area contributed by atoms with Crippen LogP contribution in [-0.2, 0) is 9.53 Å². The first-order valence-electron chi connectivity index (χ1n) is 8.76. The van der Waals surface area contributed by atoms with Gasteiger partial charge in [-0.05, 0) is 44.5 Å². The highest BCUT2D eigenvalue weighted by Crippen LogP contribution is 2.23. The monoisotopic (exact) mass is 415 g/mol. The molecule has 1 aromatic carbocycles. The van der Waals surface area contributed by atoms with Crippen molar-refractivity contribution < 1.29 is 14.3 Å². The first-order valence-corrected chi connectivity index (χ1v) is 8.76. The molecule has 150 valence electrons. The van der Waals surface area contributed by atoms with Gasteiger partial charge >= 0.3 is 0 Å². The van der Waals surface area contributed by atoms with Crippen LogP contribution in [0, 0.1) is 0 Å². The molecule has 1 amide bonds. The lowest BCUT2D eigenvalue weighted by Crippen LogP contribution is -2.54. The first-order chi connectivity index (χ1) is 12.2. The Morgan fingerprint density at radius 1 is 1.22 bits per heavy atom. The van der Waals surface area contributed by atoms with Gasteiger partial charge in [0.15, 0.2) is 0 Å². The molecule has 0 radical (unpaired) electrons. The smallest absolute Gasteiger partial charge is 0.252 e. The Bertz CT molecular complexity index is 719. The molecule has 0 atom stereocenters. The number of aromatic nitrogens is 1. The van der Waals surface area contributed by atoms with Crippen molar-refractivity contribution in [1.29, 1.82) is 0 Å². The van der Waals surface area contributed by atoms with Crippen molar-refractivity contribution in [1.82, 2.24) is 15.6 Å². The van der Waals surface area contributed by atoms with Gasteiger partial charge in [-0.3, -0.25) is 9.78 Å².